The maximum absolute atomic E-state index is 12.9. The first kappa shape index (κ1) is 23.7. The minimum Gasteiger partial charge on any atom is -0.474 e. The molecule has 2 aromatic rings. The number of nitrogens with zero attached hydrogens (tertiary/aromatic N) is 6. The fourth-order valence-electron chi connectivity index (χ4n) is 4.90. The predicted octanol–water partition coefficient (Wildman–Crippen LogP) is 1.11. The Hall–Kier alpha value is -3.05. The van der Waals surface area contributed by atoms with E-state index >= 15 is 0 Å². The second kappa shape index (κ2) is 10.3. The lowest BCUT2D eigenvalue weighted by atomic mass is 9.86. The summed E-state index contributed by atoms with van der Waals surface area (Å²) in [6, 6.07) is 2.16. The van der Waals surface area contributed by atoms with E-state index in [0.717, 1.165) is 44.3 Å². The van der Waals surface area contributed by atoms with Crippen LogP contribution >= 0.6 is 0 Å². The molecule has 0 spiro atoms. The molecule has 1 saturated carbocycles. The second-order valence-corrected chi connectivity index (χ2v) is 9.70. The van der Waals surface area contributed by atoms with Crippen molar-refractivity contribution in [3.8, 4) is 17.1 Å². The lowest BCUT2D eigenvalue weighted by Crippen LogP contribution is -2.53. The van der Waals surface area contributed by atoms with Crippen molar-refractivity contribution in [1.82, 2.24) is 30.2 Å². The molecule has 11 heteroatoms. The third-order valence-corrected chi connectivity index (χ3v) is 7.18. The van der Waals surface area contributed by atoms with Gasteiger partial charge in [0.05, 0.1) is 30.9 Å². The minimum atomic E-state index is 0.000103. The van der Waals surface area contributed by atoms with Gasteiger partial charge in [0.1, 0.15) is 6.10 Å². The molecule has 3 fully saturated rings. The number of carbonyl (C=O) groups excluding carboxylic acids is 1. The molecule has 11 nitrogen and oxygen atoms in total. The molecule has 0 unspecified atom stereocenters. The van der Waals surface area contributed by atoms with Gasteiger partial charge in [0.25, 0.3) is 0 Å². The van der Waals surface area contributed by atoms with Gasteiger partial charge in [0, 0.05) is 63.0 Å². The van der Waals surface area contributed by atoms with E-state index in [4.69, 9.17) is 25.2 Å². The van der Waals surface area contributed by atoms with Gasteiger partial charge >= 0.3 is 0 Å². The van der Waals surface area contributed by atoms with E-state index in [-0.39, 0.29) is 36.0 Å². The summed E-state index contributed by atoms with van der Waals surface area (Å²) in [4.78, 5) is 34.6. The zero-order valence-corrected chi connectivity index (χ0v) is 20.4. The van der Waals surface area contributed by atoms with Gasteiger partial charge in [-0.1, -0.05) is 0 Å². The van der Waals surface area contributed by atoms with Crippen molar-refractivity contribution in [3.63, 3.8) is 0 Å². The number of amides is 1. The number of hydrogen-bond acceptors (Lipinski definition) is 10. The first-order valence-corrected chi connectivity index (χ1v) is 12.4. The summed E-state index contributed by atoms with van der Waals surface area (Å²) in [5.41, 5.74) is 7.08. The average molecular weight is 483 g/mol. The van der Waals surface area contributed by atoms with Crippen molar-refractivity contribution >= 4 is 17.8 Å². The molecule has 3 N–H and O–H groups in total. The second-order valence-electron chi connectivity index (χ2n) is 9.70. The molecular weight excluding hydrogens is 448 g/mol. The molecule has 5 rings (SSSR count). The topological polar surface area (TPSA) is 132 Å². The van der Waals surface area contributed by atoms with Gasteiger partial charge in [0.15, 0.2) is 0 Å². The monoisotopic (exact) mass is 482 g/mol. The van der Waals surface area contributed by atoms with Crippen LogP contribution in [0.4, 0.5) is 11.9 Å². The van der Waals surface area contributed by atoms with Gasteiger partial charge < -0.3 is 30.3 Å². The van der Waals surface area contributed by atoms with Crippen LogP contribution in [0.25, 0.3) is 11.3 Å². The highest BCUT2D eigenvalue weighted by Gasteiger charge is 2.38. The number of piperidine rings is 1. The maximum atomic E-state index is 12.9. The quantitative estimate of drug-likeness (QED) is 0.617. The number of aromatic nitrogens is 4. The van der Waals surface area contributed by atoms with Crippen LogP contribution in [-0.2, 0) is 9.53 Å². The first-order valence-electron chi connectivity index (χ1n) is 12.4. The van der Waals surface area contributed by atoms with Crippen LogP contribution in [0.1, 0.15) is 32.6 Å². The normalized spacial score (nSPS) is 26.6. The SMILES string of the molecule is C[C@H]1COCCN1c1nc(OC2CC(N(C)C(=O)[C@H]3CCCNC3)C2)cc(-c2cnc(N)nc2)n1. The summed E-state index contributed by atoms with van der Waals surface area (Å²) in [6.45, 7) is 5.82. The van der Waals surface area contributed by atoms with Gasteiger partial charge in [-0.05, 0) is 26.3 Å². The van der Waals surface area contributed by atoms with Crippen LogP contribution in [0.3, 0.4) is 0 Å². The molecule has 2 aliphatic heterocycles. The van der Waals surface area contributed by atoms with Crippen molar-refractivity contribution < 1.29 is 14.3 Å². The van der Waals surface area contributed by atoms with Crippen molar-refractivity contribution in [2.45, 2.75) is 50.8 Å². The van der Waals surface area contributed by atoms with Crippen molar-refractivity contribution in [1.29, 1.82) is 0 Å². The van der Waals surface area contributed by atoms with Crippen molar-refractivity contribution in [2.24, 2.45) is 5.92 Å². The Morgan fingerprint density at radius 3 is 2.80 bits per heavy atom. The zero-order valence-electron chi connectivity index (χ0n) is 20.4. The average Bonchev–Trinajstić information content (AvgIpc) is 2.86. The van der Waals surface area contributed by atoms with Crippen LogP contribution in [0.2, 0.25) is 0 Å². The predicted molar refractivity (Wildman–Crippen MR) is 131 cm³/mol. The fourth-order valence-corrected chi connectivity index (χ4v) is 4.90. The van der Waals surface area contributed by atoms with Gasteiger partial charge in [-0.2, -0.15) is 4.98 Å². The van der Waals surface area contributed by atoms with Crippen LogP contribution in [0.15, 0.2) is 18.5 Å². The van der Waals surface area contributed by atoms with Crippen LogP contribution in [0.5, 0.6) is 5.88 Å². The van der Waals surface area contributed by atoms with E-state index in [9.17, 15) is 4.79 Å². The van der Waals surface area contributed by atoms with E-state index in [2.05, 4.69) is 27.1 Å². The van der Waals surface area contributed by atoms with E-state index in [0.29, 0.717) is 37.3 Å². The third kappa shape index (κ3) is 5.30. The summed E-state index contributed by atoms with van der Waals surface area (Å²) in [5, 5.41) is 3.33. The zero-order chi connectivity index (χ0) is 24.4. The molecule has 2 saturated heterocycles. The van der Waals surface area contributed by atoms with Gasteiger partial charge in [-0.25, -0.2) is 15.0 Å². The van der Waals surface area contributed by atoms with Crippen molar-refractivity contribution in [3.05, 3.63) is 18.5 Å². The molecule has 188 valence electrons. The summed E-state index contributed by atoms with van der Waals surface area (Å²) >= 11 is 0. The molecule has 0 aromatic carbocycles. The van der Waals surface area contributed by atoms with Crippen LogP contribution < -0.4 is 20.7 Å². The fraction of sp³-hybridized carbons (Fsp3) is 0.625. The third-order valence-electron chi connectivity index (χ3n) is 7.18. The lowest BCUT2D eigenvalue weighted by molar-refractivity contribution is -0.140. The van der Waals surface area contributed by atoms with E-state index < -0.39 is 0 Å². The van der Waals surface area contributed by atoms with E-state index in [1.165, 1.54) is 0 Å². The number of anilines is 2. The Kier molecular flexibility index (Phi) is 6.96. The van der Waals surface area contributed by atoms with Crippen molar-refractivity contribution in [2.75, 3.05) is 50.5 Å². The number of ether oxygens (including phenoxy) is 2. The van der Waals surface area contributed by atoms with Gasteiger partial charge in [-0.15, -0.1) is 0 Å². The highest BCUT2D eigenvalue weighted by Crippen LogP contribution is 2.32. The van der Waals surface area contributed by atoms with E-state index in [1.54, 1.807) is 12.4 Å². The van der Waals surface area contributed by atoms with E-state index in [1.807, 2.05) is 18.0 Å². The Labute approximate surface area is 205 Å². The molecule has 2 atom stereocenters. The minimum absolute atomic E-state index is 0.000103. The largest absolute Gasteiger partial charge is 0.474 e. The summed E-state index contributed by atoms with van der Waals surface area (Å²) in [7, 11) is 1.92. The standard InChI is InChI=1S/C24H34N8O3/c1-15-14-34-7-6-32(15)24-29-20(17-12-27-23(25)28-13-17)10-21(30-24)35-19-8-18(9-19)31(2)22(33)16-4-3-5-26-11-16/h10,12-13,15-16,18-19,26H,3-9,11,14H2,1-2H3,(H2,25,27,28)/t15-,16-,18?,19?/m0/s1. The summed E-state index contributed by atoms with van der Waals surface area (Å²) in [5.74, 6) is 1.63. The molecule has 1 aliphatic carbocycles. The molecule has 3 aliphatic rings. The number of nitrogen functional groups attached to an aromatic ring is 1. The number of rotatable bonds is 6. The molecule has 4 heterocycles. The maximum Gasteiger partial charge on any atom is 0.229 e. The highest BCUT2D eigenvalue weighted by molar-refractivity contribution is 5.79. The smallest absolute Gasteiger partial charge is 0.229 e. The Morgan fingerprint density at radius 1 is 1.29 bits per heavy atom. The highest BCUT2D eigenvalue weighted by atomic mass is 16.5. The molecule has 0 radical (unpaired) electrons. The van der Waals surface area contributed by atoms with Crippen LogP contribution in [-0.4, -0.2) is 88.8 Å². The molecule has 0 bridgehead atoms. The lowest BCUT2D eigenvalue weighted by Gasteiger charge is -2.42. The Morgan fingerprint density at radius 2 is 2.09 bits per heavy atom. The molecule has 2 aromatic heterocycles. The number of hydrogen-bond donors (Lipinski definition) is 2. The molecular formula is C24H34N8O3. The Bertz CT molecular complexity index is 1020. The number of nitrogens with two attached hydrogens (primary N) is 1. The number of carbonyl (C=O) groups is 1. The molecule has 1 amide bonds. The number of nitrogens with one attached hydrogen (secondary N) is 1. The van der Waals surface area contributed by atoms with Gasteiger partial charge in [-0.3, -0.25) is 4.79 Å². The number of morpholine rings is 1. The summed E-state index contributed by atoms with van der Waals surface area (Å²) in [6.07, 6.45) is 6.90. The first-order chi connectivity index (χ1) is 17.0. The molecule has 35 heavy (non-hydrogen) atoms. The Balaban J connectivity index is 1.29. The van der Waals surface area contributed by atoms with Crippen LogP contribution in [0, 0.1) is 5.92 Å². The summed E-state index contributed by atoms with van der Waals surface area (Å²) < 4.78 is 11.9. The van der Waals surface area contributed by atoms with Gasteiger partial charge in [0.2, 0.25) is 23.7 Å².